The summed E-state index contributed by atoms with van der Waals surface area (Å²) >= 11 is 1.16. The first-order valence-electron chi connectivity index (χ1n) is 5.41. The Labute approximate surface area is 102 Å². The van der Waals surface area contributed by atoms with Gasteiger partial charge in [-0.25, -0.2) is 0 Å². The molecule has 0 radical (unpaired) electrons. The fraction of sp³-hybridized carbons (Fsp3) is 0.462. The number of hydrogen-bond donors (Lipinski definition) is 0. The predicted molar refractivity (Wildman–Crippen MR) is 67.8 cm³/mol. The lowest BCUT2D eigenvalue weighted by atomic mass is 10.0. The molecule has 0 unspecified atom stereocenters. The summed E-state index contributed by atoms with van der Waals surface area (Å²) in [6, 6.07) is 6.05. The van der Waals surface area contributed by atoms with Gasteiger partial charge in [0.1, 0.15) is 11.2 Å². The van der Waals surface area contributed by atoms with Crippen LogP contribution in [-0.2, 0) is 0 Å². The SMILES string of the molecule is CC(C)Oc1ccc(C(C)C)cc1SC#N. The van der Waals surface area contributed by atoms with Crippen LogP contribution in [0.15, 0.2) is 23.1 Å². The van der Waals surface area contributed by atoms with E-state index in [2.05, 4.69) is 25.3 Å². The van der Waals surface area contributed by atoms with Gasteiger partial charge >= 0.3 is 0 Å². The van der Waals surface area contributed by atoms with Crippen LogP contribution in [0.25, 0.3) is 0 Å². The van der Waals surface area contributed by atoms with Crippen LogP contribution >= 0.6 is 11.8 Å². The molecule has 16 heavy (non-hydrogen) atoms. The van der Waals surface area contributed by atoms with Crippen LogP contribution in [0.3, 0.4) is 0 Å². The predicted octanol–water partition coefficient (Wildman–Crippen LogP) is 4.17. The highest BCUT2D eigenvalue weighted by atomic mass is 32.2. The first-order valence-corrected chi connectivity index (χ1v) is 6.22. The number of rotatable bonds is 4. The summed E-state index contributed by atoms with van der Waals surface area (Å²) in [6.45, 7) is 8.24. The molecule has 0 spiro atoms. The fourth-order valence-corrected chi connectivity index (χ4v) is 1.87. The minimum absolute atomic E-state index is 0.128. The molecule has 0 aromatic heterocycles. The summed E-state index contributed by atoms with van der Waals surface area (Å²) in [5.74, 6) is 1.26. The van der Waals surface area contributed by atoms with Gasteiger partial charge in [-0.15, -0.1) is 0 Å². The van der Waals surface area contributed by atoms with Crippen molar-refractivity contribution >= 4 is 11.8 Å². The van der Waals surface area contributed by atoms with Gasteiger partial charge in [-0.2, -0.15) is 5.26 Å². The van der Waals surface area contributed by atoms with Crippen molar-refractivity contribution in [2.45, 2.75) is 44.6 Å². The van der Waals surface area contributed by atoms with E-state index in [0.717, 1.165) is 22.4 Å². The summed E-state index contributed by atoms with van der Waals surface area (Å²) in [5, 5.41) is 10.9. The summed E-state index contributed by atoms with van der Waals surface area (Å²) in [5.41, 5.74) is 1.23. The highest BCUT2D eigenvalue weighted by molar-refractivity contribution is 8.03. The van der Waals surface area contributed by atoms with Gasteiger partial charge in [-0.05, 0) is 49.2 Å². The van der Waals surface area contributed by atoms with Gasteiger partial charge < -0.3 is 4.74 Å². The average molecular weight is 235 g/mol. The summed E-state index contributed by atoms with van der Waals surface area (Å²) in [4.78, 5) is 0.905. The topological polar surface area (TPSA) is 33.0 Å². The van der Waals surface area contributed by atoms with Gasteiger partial charge in [0.2, 0.25) is 0 Å². The summed E-state index contributed by atoms with van der Waals surface area (Å²) < 4.78 is 5.66. The van der Waals surface area contributed by atoms with E-state index in [1.54, 1.807) is 0 Å². The number of nitrogens with zero attached hydrogens (tertiary/aromatic N) is 1. The van der Waals surface area contributed by atoms with Crippen molar-refractivity contribution in [1.29, 1.82) is 5.26 Å². The zero-order valence-corrected chi connectivity index (χ0v) is 11.0. The van der Waals surface area contributed by atoms with Crippen molar-refractivity contribution in [3.05, 3.63) is 23.8 Å². The number of thioether (sulfide) groups is 1. The third-order valence-electron chi connectivity index (χ3n) is 2.15. The second-order valence-corrected chi connectivity index (χ2v) is 5.05. The summed E-state index contributed by atoms with van der Waals surface area (Å²) in [6.07, 6.45) is 0.128. The molecule has 0 fully saturated rings. The van der Waals surface area contributed by atoms with Crippen LogP contribution in [0.2, 0.25) is 0 Å². The average Bonchev–Trinajstić information content (AvgIpc) is 2.20. The third kappa shape index (κ3) is 3.46. The molecule has 0 aliphatic heterocycles. The molecule has 0 saturated heterocycles. The zero-order chi connectivity index (χ0) is 12.1. The molecule has 3 heteroatoms. The van der Waals surface area contributed by atoms with Crippen LogP contribution in [0.4, 0.5) is 0 Å². The van der Waals surface area contributed by atoms with Crippen LogP contribution in [0.5, 0.6) is 5.75 Å². The molecule has 0 N–H and O–H groups in total. The molecule has 0 amide bonds. The number of nitriles is 1. The minimum atomic E-state index is 0.128. The Morgan fingerprint density at radius 3 is 2.44 bits per heavy atom. The second kappa shape index (κ2) is 5.81. The van der Waals surface area contributed by atoms with Crippen molar-refractivity contribution in [2.75, 3.05) is 0 Å². The highest BCUT2D eigenvalue weighted by Crippen LogP contribution is 2.32. The Bertz CT molecular complexity index is 393. The lowest BCUT2D eigenvalue weighted by Crippen LogP contribution is -2.06. The number of hydrogen-bond acceptors (Lipinski definition) is 3. The largest absolute Gasteiger partial charge is 0.490 e. The van der Waals surface area contributed by atoms with E-state index in [1.807, 2.05) is 26.0 Å². The highest BCUT2D eigenvalue weighted by Gasteiger charge is 2.09. The lowest BCUT2D eigenvalue weighted by molar-refractivity contribution is 0.236. The minimum Gasteiger partial charge on any atom is -0.490 e. The van der Waals surface area contributed by atoms with Gasteiger partial charge in [0.15, 0.2) is 0 Å². The maximum absolute atomic E-state index is 8.77. The molecule has 1 rings (SSSR count). The normalized spacial score (nSPS) is 10.6. The van der Waals surface area contributed by atoms with E-state index in [1.165, 1.54) is 5.56 Å². The number of ether oxygens (including phenoxy) is 1. The zero-order valence-electron chi connectivity index (χ0n) is 10.2. The molecule has 0 aliphatic rings. The quantitative estimate of drug-likeness (QED) is 0.580. The second-order valence-electron chi connectivity index (χ2n) is 4.22. The Balaban J connectivity index is 3.04. The molecule has 1 aromatic rings. The first kappa shape index (κ1) is 12.9. The van der Waals surface area contributed by atoms with Gasteiger partial charge in [0.25, 0.3) is 0 Å². The molecule has 0 saturated carbocycles. The van der Waals surface area contributed by atoms with E-state index < -0.39 is 0 Å². The number of thiocyanates is 1. The lowest BCUT2D eigenvalue weighted by Gasteiger charge is -2.14. The van der Waals surface area contributed by atoms with E-state index in [-0.39, 0.29) is 6.10 Å². The van der Waals surface area contributed by atoms with Crippen molar-refractivity contribution in [2.24, 2.45) is 0 Å². The van der Waals surface area contributed by atoms with Crippen molar-refractivity contribution < 1.29 is 4.74 Å². The van der Waals surface area contributed by atoms with Gasteiger partial charge in [0.05, 0.1) is 11.0 Å². The maximum Gasteiger partial charge on any atom is 0.138 e. The Morgan fingerprint density at radius 1 is 1.25 bits per heavy atom. The number of benzene rings is 1. The third-order valence-corrected chi connectivity index (χ3v) is 2.78. The molecular weight excluding hydrogens is 218 g/mol. The molecule has 2 nitrogen and oxygen atoms in total. The molecule has 1 aromatic carbocycles. The Kier molecular flexibility index (Phi) is 4.70. The monoisotopic (exact) mass is 235 g/mol. The molecule has 0 bridgehead atoms. The van der Waals surface area contributed by atoms with Gasteiger partial charge in [-0.1, -0.05) is 19.9 Å². The smallest absolute Gasteiger partial charge is 0.138 e. The van der Waals surface area contributed by atoms with E-state index in [4.69, 9.17) is 10.00 Å². The van der Waals surface area contributed by atoms with Crippen LogP contribution in [0.1, 0.15) is 39.2 Å². The van der Waals surface area contributed by atoms with E-state index >= 15 is 0 Å². The Hall–Kier alpha value is -1.14. The molecule has 0 atom stereocenters. The van der Waals surface area contributed by atoms with Crippen molar-refractivity contribution in [3.8, 4) is 11.2 Å². The van der Waals surface area contributed by atoms with Crippen LogP contribution in [0, 0.1) is 10.7 Å². The first-order chi connectivity index (χ1) is 7.54. The van der Waals surface area contributed by atoms with Crippen LogP contribution in [-0.4, -0.2) is 6.10 Å². The molecule has 86 valence electrons. The van der Waals surface area contributed by atoms with Gasteiger partial charge in [0, 0.05) is 0 Å². The maximum atomic E-state index is 8.77. The van der Waals surface area contributed by atoms with Gasteiger partial charge in [-0.3, -0.25) is 0 Å². The molecule has 0 heterocycles. The van der Waals surface area contributed by atoms with E-state index in [9.17, 15) is 0 Å². The van der Waals surface area contributed by atoms with Crippen LogP contribution < -0.4 is 4.74 Å². The van der Waals surface area contributed by atoms with E-state index in [0.29, 0.717) is 5.92 Å². The Morgan fingerprint density at radius 2 is 1.94 bits per heavy atom. The molecular formula is C13H17NOS. The van der Waals surface area contributed by atoms with Crippen molar-refractivity contribution in [3.63, 3.8) is 0 Å². The fourth-order valence-electron chi connectivity index (χ4n) is 1.36. The molecule has 0 aliphatic carbocycles. The standard InChI is InChI=1S/C13H17NOS/c1-9(2)11-5-6-12(15-10(3)4)13(7-11)16-8-14/h5-7,9-10H,1-4H3. The van der Waals surface area contributed by atoms with Crippen molar-refractivity contribution in [1.82, 2.24) is 0 Å². The summed E-state index contributed by atoms with van der Waals surface area (Å²) in [7, 11) is 0.